The molecule has 2 N–H and O–H groups in total. The molecule has 0 saturated heterocycles. The molecule has 0 bridgehead atoms. The summed E-state index contributed by atoms with van der Waals surface area (Å²) >= 11 is 0. The molecule has 1 aromatic carbocycles. The molecule has 1 fully saturated rings. The van der Waals surface area contributed by atoms with Crippen LogP contribution in [0.2, 0.25) is 0 Å². The quantitative estimate of drug-likeness (QED) is 0.827. The van der Waals surface area contributed by atoms with E-state index in [-0.39, 0.29) is 5.54 Å². The molecule has 2 rings (SSSR count). The number of rotatable bonds is 2. The summed E-state index contributed by atoms with van der Waals surface area (Å²) in [6, 6.07) is 8.55. The van der Waals surface area contributed by atoms with Gasteiger partial charge in [-0.1, -0.05) is 37.5 Å². The summed E-state index contributed by atoms with van der Waals surface area (Å²) in [4.78, 5) is 2.17. The van der Waals surface area contributed by atoms with E-state index < -0.39 is 0 Å². The van der Waals surface area contributed by atoms with E-state index in [0.29, 0.717) is 0 Å². The third-order valence-corrected chi connectivity index (χ3v) is 3.67. The predicted molar refractivity (Wildman–Crippen MR) is 69.7 cm³/mol. The molecule has 0 radical (unpaired) electrons. The van der Waals surface area contributed by atoms with Gasteiger partial charge in [-0.2, -0.15) is 0 Å². The minimum Gasteiger partial charge on any atom is -0.377 e. The normalized spacial score (nSPS) is 19.4. The van der Waals surface area contributed by atoms with E-state index in [1.807, 2.05) is 0 Å². The molecule has 0 aromatic heterocycles. The van der Waals surface area contributed by atoms with Gasteiger partial charge in [-0.15, -0.1) is 0 Å². The highest BCUT2D eigenvalue weighted by molar-refractivity contribution is 5.55. The Labute approximate surface area is 98.4 Å². The molecule has 2 heteroatoms. The van der Waals surface area contributed by atoms with E-state index in [4.69, 9.17) is 5.73 Å². The first-order valence-electron chi connectivity index (χ1n) is 6.19. The number of nitrogens with two attached hydrogens (primary N) is 1. The van der Waals surface area contributed by atoms with Crippen LogP contribution in [0.4, 0.5) is 5.69 Å². The second-order valence-electron chi connectivity index (χ2n) is 5.13. The smallest absolute Gasteiger partial charge is 0.0430 e. The number of para-hydroxylation sites is 1. The summed E-state index contributed by atoms with van der Waals surface area (Å²) < 4.78 is 0. The summed E-state index contributed by atoms with van der Waals surface area (Å²) in [7, 11) is 4.18. The molecule has 2 nitrogen and oxygen atoms in total. The Bertz CT molecular complexity index is 352. The highest BCUT2D eigenvalue weighted by Crippen LogP contribution is 2.38. The molecule has 0 amide bonds. The van der Waals surface area contributed by atoms with Gasteiger partial charge in [0.2, 0.25) is 0 Å². The van der Waals surface area contributed by atoms with Crippen LogP contribution in [0.3, 0.4) is 0 Å². The van der Waals surface area contributed by atoms with Crippen molar-refractivity contribution in [3.05, 3.63) is 29.8 Å². The Hall–Kier alpha value is -1.02. The van der Waals surface area contributed by atoms with E-state index in [2.05, 4.69) is 43.3 Å². The third-order valence-electron chi connectivity index (χ3n) is 3.67. The van der Waals surface area contributed by atoms with Gasteiger partial charge in [0.05, 0.1) is 0 Å². The number of benzene rings is 1. The molecular weight excluding hydrogens is 196 g/mol. The van der Waals surface area contributed by atoms with Gasteiger partial charge in [0.1, 0.15) is 0 Å². The van der Waals surface area contributed by atoms with Crippen molar-refractivity contribution in [2.45, 2.75) is 37.6 Å². The van der Waals surface area contributed by atoms with Gasteiger partial charge in [-0.3, -0.25) is 0 Å². The lowest BCUT2D eigenvalue weighted by Gasteiger charge is -2.36. The van der Waals surface area contributed by atoms with Crippen molar-refractivity contribution in [1.82, 2.24) is 0 Å². The van der Waals surface area contributed by atoms with Crippen molar-refractivity contribution in [2.75, 3.05) is 19.0 Å². The van der Waals surface area contributed by atoms with Gasteiger partial charge >= 0.3 is 0 Å². The van der Waals surface area contributed by atoms with Crippen molar-refractivity contribution in [3.8, 4) is 0 Å². The molecule has 16 heavy (non-hydrogen) atoms. The summed E-state index contributed by atoms with van der Waals surface area (Å²) in [6.07, 6.45) is 6.11. The van der Waals surface area contributed by atoms with E-state index in [9.17, 15) is 0 Å². The van der Waals surface area contributed by atoms with Crippen molar-refractivity contribution in [3.63, 3.8) is 0 Å². The molecule has 1 aromatic rings. The molecule has 0 unspecified atom stereocenters. The topological polar surface area (TPSA) is 29.3 Å². The molecule has 0 heterocycles. The number of hydrogen-bond acceptors (Lipinski definition) is 2. The van der Waals surface area contributed by atoms with Crippen LogP contribution in [-0.4, -0.2) is 14.1 Å². The minimum atomic E-state index is -0.0981. The van der Waals surface area contributed by atoms with Crippen LogP contribution < -0.4 is 10.6 Å². The summed E-state index contributed by atoms with van der Waals surface area (Å²) in [5, 5.41) is 0. The van der Waals surface area contributed by atoms with Gasteiger partial charge in [0.15, 0.2) is 0 Å². The lowest BCUT2D eigenvalue weighted by atomic mass is 9.77. The second kappa shape index (κ2) is 4.46. The predicted octanol–water partition coefficient (Wildman–Crippen LogP) is 2.87. The lowest BCUT2D eigenvalue weighted by molar-refractivity contribution is 0.303. The van der Waals surface area contributed by atoms with Crippen molar-refractivity contribution >= 4 is 5.69 Å². The fourth-order valence-electron chi connectivity index (χ4n) is 2.74. The number of anilines is 1. The minimum absolute atomic E-state index is 0.0981. The standard InChI is InChI=1S/C14H22N2/c1-16(2)13-9-5-4-8-12(13)14(15)10-6-3-7-11-14/h4-5,8-9H,3,6-7,10-11,15H2,1-2H3. The van der Waals surface area contributed by atoms with E-state index in [1.54, 1.807) is 0 Å². The first-order valence-corrected chi connectivity index (χ1v) is 6.19. The van der Waals surface area contributed by atoms with Gasteiger partial charge in [0.25, 0.3) is 0 Å². The first kappa shape index (κ1) is 11.5. The van der Waals surface area contributed by atoms with Crippen LogP contribution >= 0.6 is 0 Å². The second-order valence-corrected chi connectivity index (χ2v) is 5.13. The van der Waals surface area contributed by atoms with Crippen molar-refractivity contribution in [2.24, 2.45) is 5.73 Å². The monoisotopic (exact) mass is 218 g/mol. The van der Waals surface area contributed by atoms with E-state index in [1.165, 1.54) is 30.5 Å². The van der Waals surface area contributed by atoms with Crippen molar-refractivity contribution < 1.29 is 0 Å². The highest BCUT2D eigenvalue weighted by atomic mass is 15.1. The zero-order chi connectivity index (χ0) is 11.6. The number of nitrogens with zero attached hydrogens (tertiary/aromatic N) is 1. The molecular formula is C14H22N2. The molecule has 1 aliphatic rings. The zero-order valence-corrected chi connectivity index (χ0v) is 10.4. The van der Waals surface area contributed by atoms with Crippen LogP contribution in [0, 0.1) is 0 Å². The molecule has 0 spiro atoms. The zero-order valence-electron chi connectivity index (χ0n) is 10.4. The Balaban J connectivity index is 2.38. The van der Waals surface area contributed by atoms with Crippen molar-refractivity contribution in [1.29, 1.82) is 0 Å². The van der Waals surface area contributed by atoms with Gasteiger partial charge in [-0.05, 0) is 24.5 Å². The maximum Gasteiger partial charge on any atom is 0.0430 e. The van der Waals surface area contributed by atoms with Gasteiger partial charge in [0, 0.05) is 25.3 Å². The Morgan fingerprint density at radius 3 is 2.31 bits per heavy atom. The van der Waals surface area contributed by atoms with E-state index in [0.717, 1.165) is 12.8 Å². The van der Waals surface area contributed by atoms with E-state index >= 15 is 0 Å². The molecule has 0 aliphatic heterocycles. The third kappa shape index (κ3) is 2.07. The lowest BCUT2D eigenvalue weighted by Crippen LogP contribution is -2.39. The largest absolute Gasteiger partial charge is 0.377 e. The average Bonchev–Trinajstić information content (AvgIpc) is 2.30. The fraction of sp³-hybridized carbons (Fsp3) is 0.571. The summed E-state index contributed by atoms with van der Waals surface area (Å²) in [6.45, 7) is 0. The first-order chi connectivity index (χ1) is 7.63. The van der Waals surface area contributed by atoms with Crippen LogP contribution in [0.25, 0.3) is 0 Å². The number of hydrogen-bond donors (Lipinski definition) is 1. The van der Waals surface area contributed by atoms with Crippen LogP contribution in [0.5, 0.6) is 0 Å². The maximum atomic E-state index is 6.59. The maximum absolute atomic E-state index is 6.59. The average molecular weight is 218 g/mol. The Morgan fingerprint density at radius 2 is 1.69 bits per heavy atom. The van der Waals surface area contributed by atoms with Gasteiger partial charge < -0.3 is 10.6 Å². The molecule has 88 valence electrons. The Kier molecular flexibility index (Phi) is 3.20. The highest BCUT2D eigenvalue weighted by Gasteiger charge is 2.31. The van der Waals surface area contributed by atoms with Crippen LogP contribution in [-0.2, 0) is 5.54 Å². The Morgan fingerprint density at radius 1 is 1.06 bits per heavy atom. The summed E-state index contributed by atoms with van der Waals surface area (Å²) in [5.41, 5.74) is 9.08. The van der Waals surface area contributed by atoms with Gasteiger partial charge in [-0.25, -0.2) is 0 Å². The van der Waals surface area contributed by atoms with Crippen LogP contribution in [0.1, 0.15) is 37.7 Å². The summed E-state index contributed by atoms with van der Waals surface area (Å²) in [5.74, 6) is 0. The van der Waals surface area contributed by atoms with Crippen LogP contribution in [0.15, 0.2) is 24.3 Å². The SMILES string of the molecule is CN(C)c1ccccc1C1(N)CCCCC1. The molecule has 1 saturated carbocycles. The molecule has 1 aliphatic carbocycles. The molecule has 0 atom stereocenters. The fourth-order valence-corrected chi connectivity index (χ4v) is 2.74.